The van der Waals surface area contributed by atoms with Crippen molar-refractivity contribution in [2.45, 2.75) is 45.8 Å². The first-order valence-corrected chi connectivity index (χ1v) is 12.3. The van der Waals surface area contributed by atoms with Gasteiger partial charge in [0.1, 0.15) is 12.0 Å². The Bertz CT molecular complexity index is 1330. The number of aliphatic imine (C=N–C) groups is 1. The molecule has 3 rings (SSSR count). The van der Waals surface area contributed by atoms with Gasteiger partial charge in [0, 0.05) is 11.3 Å². The molecule has 2 heterocycles. The average molecular weight is 521 g/mol. The summed E-state index contributed by atoms with van der Waals surface area (Å²) in [6.07, 6.45) is 5.03. The van der Waals surface area contributed by atoms with E-state index in [2.05, 4.69) is 32.0 Å². The lowest BCUT2D eigenvalue weighted by molar-refractivity contribution is 0.314. The largest absolute Gasteiger partial charge is 0.477 e. The van der Waals surface area contributed by atoms with E-state index in [9.17, 15) is 8.78 Å². The highest BCUT2D eigenvalue weighted by Crippen LogP contribution is 2.39. The Morgan fingerprint density at radius 3 is 2.53 bits per heavy atom. The molecule has 0 aliphatic carbocycles. The molecular formula is C29H34F2N6O. The van der Waals surface area contributed by atoms with Crippen LogP contribution in [0.25, 0.3) is 22.4 Å². The molecule has 3 aromatic rings. The molecule has 0 aliphatic rings. The number of anilines is 1. The highest BCUT2D eigenvalue weighted by atomic mass is 19.1. The van der Waals surface area contributed by atoms with Gasteiger partial charge in [-0.1, -0.05) is 12.2 Å². The van der Waals surface area contributed by atoms with E-state index in [1.54, 1.807) is 31.2 Å². The molecule has 0 amide bonds. The van der Waals surface area contributed by atoms with Gasteiger partial charge in [0.2, 0.25) is 11.8 Å². The van der Waals surface area contributed by atoms with Gasteiger partial charge in [0.15, 0.2) is 0 Å². The zero-order chi connectivity index (χ0) is 27.9. The van der Waals surface area contributed by atoms with Crippen LogP contribution in [0.3, 0.4) is 0 Å². The van der Waals surface area contributed by atoms with Gasteiger partial charge in [-0.05, 0) is 95.9 Å². The number of aromatic nitrogens is 3. The lowest BCUT2D eigenvalue weighted by Crippen LogP contribution is -2.37. The molecule has 9 heteroatoms. The van der Waals surface area contributed by atoms with E-state index in [1.165, 1.54) is 19.1 Å². The van der Waals surface area contributed by atoms with Gasteiger partial charge in [-0.2, -0.15) is 4.98 Å². The molecule has 0 saturated heterocycles. The molecule has 1 aromatic carbocycles. The topological polar surface area (TPSA) is 98.3 Å². The van der Waals surface area contributed by atoms with Crippen molar-refractivity contribution in [3.05, 3.63) is 77.5 Å². The Hall–Kier alpha value is -3.98. The van der Waals surface area contributed by atoms with Crippen molar-refractivity contribution in [1.29, 1.82) is 0 Å². The number of hydrogen-bond acceptors (Lipinski definition) is 7. The van der Waals surface area contributed by atoms with Gasteiger partial charge in [0.05, 0.1) is 34.8 Å². The van der Waals surface area contributed by atoms with E-state index in [0.29, 0.717) is 41.1 Å². The Kier molecular flexibility index (Phi) is 9.41. The zero-order valence-corrected chi connectivity index (χ0v) is 22.4. The summed E-state index contributed by atoms with van der Waals surface area (Å²) in [6, 6.07) is 9.33. The molecule has 0 bridgehead atoms. The average Bonchev–Trinajstić information content (AvgIpc) is 2.87. The Labute approximate surface area is 222 Å². The number of nitrogen functional groups attached to an aromatic ring is 1. The van der Waals surface area contributed by atoms with Crippen LogP contribution in [0.15, 0.2) is 65.3 Å². The van der Waals surface area contributed by atoms with Crippen molar-refractivity contribution >= 4 is 12.7 Å². The second kappa shape index (κ2) is 12.5. The molecule has 200 valence electrons. The predicted molar refractivity (Wildman–Crippen MR) is 149 cm³/mol. The number of ether oxygens (including phenoxy) is 1. The number of allylic oxidation sites excluding steroid dienone is 2. The van der Waals surface area contributed by atoms with E-state index in [0.717, 1.165) is 5.70 Å². The second-order valence-electron chi connectivity index (χ2n) is 9.31. The van der Waals surface area contributed by atoms with Gasteiger partial charge in [0.25, 0.3) is 0 Å². The number of nitrogens with zero attached hydrogens (tertiary/aromatic N) is 4. The summed E-state index contributed by atoms with van der Waals surface area (Å²) in [5, 5.41) is 3.19. The van der Waals surface area contributed by atoms with Crippen molar-refractivity contribution in [3.8, 4) is 28.3 Å². The van der Waals surface area contributed by atoms with E-state index >= 15 is 0 Å². The van der Waals surface area contributed by atoms with Crippen molar-refractivity contribution < 1.29 is 13.5 Å². The van der Waals surface area contributed by atoms with Crippen LogP contribution in [0, 0.1) is 12.7 Å². The van der Waals surface area contributed by atoms with E-state index in [4.69, 9.17) is 10.5 Å². The third kappa shape index (κ3) is 7.07. The molecule has 0 radical (unpaired) electrons. The number of halogens is 2. The lowest BCUT2D eigenvalue weighted by atomic mass is 9.99. The van der Waals surface area contributed by atoms with Crippen molar-refractivity contribution in [1.82, 2.24) is 20.3 Å². The Morgan fingerprint density at radius 2 is 1.89 bits per heavy atom. The Morgan fingerprint density at radius 1 is 1.18 bits per heavy atom. The monoisotopic (exact) mass is 520 g/mol. The molecule has 0 fully saturated rings. The van der Waals surface area contributed by atoms with Crippen LogP contribution < -0.4 is 15.8 Å². The fourth-order valence-electron chi connectivity index (χ4n) is 3.75. The van der Waals surface area contributed by atoms with Gasteiger partial charge in [-0.3, -0.25) is 9.98 Å². The summed E-state index contributed by atoms with van der Waals surface area (Å²) < 4.78 is 34.0. The number of alkyl halides is 1. The van der Waals surface area contributed by atoms with Crippen molar-refractivity contribution in [2.75, 3.05) is 19.4 Å². The van der Waals surface area contributed by atoms with Crippen LogP contribution in [0.5, 0.6) is 5.88 Å². The predicted octanol–water partition coefficient (Wildman–Crippen LogP) is 6.17. The second-order valence-corrected chi connectivity index (χ2v) is 9.31. The van der Waals surface area contributed by atoms with Crippen LogP contribution in [-0.4, -0.2) is 40.9 Å². The minimum Gasteiger partial charge on any atom is -0.477 e. The fraction of sp³-hybridized carbons (Fsp3) is 0.310. The summed E-state index contributed by atoms with van der Waals surface area (Å²) in [5.74, 6) is -0.133. The minimum atomic E-state index is -1.27. The molecule has 0 saturated carbocycles. The number of benzene rings is 1. The van der Waals surface area contributed by atoms with Crippen molar-refractivity contribution in [2.24, 2.45) is 4.99 Å². The summed E-state index contributed by atoms with van der Waals surface area (Å²) in [6.45, 7) is 11.2. The molecule has 2 aromatic heterocycles. The molecule has 3 N–H and O–H groups in total. The van der Waals surface area contributed by atoms with Gasteiger partial charge in [-0.25, -0.2) is 13.8 Å². The standard InChI is InChI=1S/C29H34F2N6O/c1-18-16-21(17-23(35-18)19(2)30)25-26(20-11-13-22(31)14-12-20)36-28(32)37-27(25)38-15-9-7-8-10-24(33-5)29(3,4)34-6/h7-8,10-14,16-17,19,34H,5,9,15H2,1-4,6H3,(H2,32,36,37)/b8-7-,24-10-. The molecule has 1 unspecified atom stereocenters. The van der Waals surface area contributed by atoms with Gasteiger partial charge < -0.3 is 15.8 Å². The highest BCUT2D eigenvalue weighted by molar-refractivity contribution is 5.85. The van der Waals surface area contributed by atoms with E-state index < -0.39 is 6.17 Å². The number of hydrogen-bond donors (Lipinski definition) is 2. The lowest BCUT2D eigenvalue weighted by Gasteiger charge is -2.24. The van der Waals surface area contributed by atoms with Crippen LogP contribution >= 0.6 is 0 Å². The first-order valence-electron chi connectivity index (χ1n) is 12.3. The molecule has 38 heavy (non-hydrogen) atoms. The summed E-state index contributed by atoms with van der Waals surface area (Å²) in [5.41, 5.74) is 9.65. The van der Waals surface area contributed by atoms with Crippen molar-refractivity contribution in [3.63, 3.8) is 0 Å². The number of nitrogens with one attached hydrogen (secondary N) is 1. The fourth-order valence-corrected chi connectivity index (χ4v) is 3.75. The number of likely N-dealkylation sites (N-methyl/N-ethyl adjacent to an activating group) is 1. The molecule has 1 atom stereocenters. The van der Waals surface area contributed by atoms with E-state index in [-0.39, 0.29) is 28.9 Å². The van der Waals surface area contributed by atoms with Crippen LogP contribution in [0.1, 0.15) is 44.8 Å². The normalized spacial score (nSPS) is 13.1. The molecular weight excluding hydrogens is 486 g/mol. The van der Waals surface area contributed by atoms with Gasteiger partial charge in [-0.15, -0.1) is 0 Å². The zero-order valence-electron chi connectivity index (χ0n) is 22.4. The number of aryl methyl sites for hydroxylation is 1. The molecule has 7 nitrogen and oxygen atoms in total. The maximum atomic E-state index is 14.2. The summed E-state index contributed by atoms with van der Waals surface area (Å²) in [7, 11) is 1.86. The first-order chi connectivity index (χ1) is 18.1. The molecule has 0 spiro atoms. The number of nitrogens with two attached hydrogens (primary N) is 1. The quantitative estimate of drug-likeness (QED) is 0.178. The first kappa shape index (κ1) is 28.6. The SMILES string of the molecule is C=N/C(=C\C=C/CCOc1nc(N)nc(-c2ccc(F)cc2)c1-c1cc(C)nc(C(C)F)c1)C(C)(C)NC. The van der Waals surface area contributed by atoms with Crippen LogP contribution in [0.4, 0.5) is 14.7 Å². The van der Waals surface area contributed by atoms with Gasteiger partial charge >= 0.3 is 0 Å². The smallest absolute Gasteiger partial charge is 0.226 e. The van der Waals surface area contributed by atoms with E-state index in [1.807, 2.05) is 39.1 Å². The Balaban J connectivity index is 1.98. The molecule has 0 aliphatic heterocycles. The third-order valence-corrected chi connectivity index (χ3v) is 6.03. The maximum absolute atomic E-state index is 14.2. The minimum absolute atomic E-state index is 0.00223. The van der Waals surface area contributed by atoms with Crippen LogP contribution in [0.2, 0.25) is 0 Å². The maximum Gasteiger partial charge on any atom is 0.226 e. The summed E-state index contributed by atoms with van der Waals surface area (Å²) in [4.78, 5) is 17.2. The highest BCUT2D eigenvalue weighted by Gasteiger charge is 2.21. The number of pyridine rings is 1. The van der Waals surface area contributed by atoms with Crippen LogP contribution in [-0.2, 0) is 0 Å². The summed E-state index contributed by atoms with van der Waals surface area (Å²) >= 11 is 0. The number of rotatable bonds is 11. The third-order valence-electron chi connectivity index (χ3n) is 6.03.